The van der Waals surface area contributed by atoms with Gasteiger partial charge in [0.2, 0.25) is 0 Å². The number of primary amides is 1. The predicted octanol–water partition coefficient (Wildman–Crippen LogP) is 1.83. The van der Waals surface area contributed by atoms with Crippen molar-refractivity contribution in [1.29, 1.82) is 0 Å². The second kappa shape index (κ2) is 5.62. The van der Waals surface area contributed by atoms with Crippen LogP contribution in [0.25, 0.3) is 0 Å². The first-order valence-electron chi connectivity index (χ1n) is 5.64. The Labute approximate surface area is 107 Å². The van der Waals surface area contributed by atoms with Gasteiger partial charge in [-0.05, 0) is 31.0 Å². The van der Waals surface area contributed by atoms with E-state index in [2.05, 4.69) is 0 Å². The highest BCUT2D eigenvalue weighted by molar-refractivity contribution is 5.71. The van der Waals surface area contributed by atoms with Gasteiger partial charge in [0.25, 0.3) is 0 Å². The monoisotopic (exact) mass is 252 g/mol. The first-order chi connectivity index (χ1) is 8.42. The Balaban J connectivity index is 3.25. The summed E-state index contributed by atoms with van der Waals surface area (Å²) in [5, 5.41) is 0. The van der Waals surface area contributed by atoms with Gasteiger partial charge in [0, 0.05) is 12.6 Å². The van der Waals surface area contributed by atoms with E-state index in [4.69, 9.17) is 15.2 Å². The molecule has 0 aliphatic carbocycles. The molecule has 0 heterocycles. The zero-order chi connectivity index (χ0) is 13.9. The molecule has 0 aliphatic heterocycles. The molecular formula is C13H20N2O3. The van der Waals surface area contributed by atoms with Gasteiger partial charge in [-0.2, -0.15) is 0 Å². The van der Waals surface area contributed by atoms with E-state index in [1.165, 1.54) is 4.90 Å². The third-order valence-corrected chi connectivity index (χ3v) is 3.08. The number of hydrogen-bond donors (Lipinski definition) is 1. The maximum atomic E-state index is 11.1. The van der Waals surface area contributed by atoms with Crippen LogP contribution in [-0.2, 0) is 6.54 Å². The summed E-state index contributed by atoms with van der Waals surface area (Å²) in [6, 6.07) is 1.40. The summed E-state index contributed by atoms with van der Waals surface area (Å²) in [5.74, 6) is 1.54. The number of carbonyl (C=O) groups excluding carboxylic acids is 1. The van der Waals surface area contributed by atoms with Crippen molar-refractivity contribution in [3.05, 3.63) is 22.8 Å². The maximum Gasteiger partial charge on any atom is 0.314 e. The molecule has 0 saturated carbocycles. The minimum Gasteiger partial charge on any atom is -0.496 e. The fourth-order valence-electron chi connectivity index (χ4n) is 1.88. The minimum absolute atomic E-state index is 0.385. The van der Waals surface area contributed by atoms with Crippen molar-refractivity contribution < 1.29 is 14.3 Å². The average molecular weight is 252 g/mol. The lowest BCUT2D eigenvalue weighted by Crippen LogP contribution is -2.31. The molecule has 5 heteroatoms. The van der Waals surface area contributed by atoms with Crippen molar-refractivity contribution in [3.8, 4) is 11.5 Å². The Bertz CT molecular complexity index is 458. The van der Waals surface area contributed by atoms with Gasteiger partial charge in [0.1, 0.15) is 11.5 Å². The first-order valence-corrected chi connectivity index (χ1v) is 5.64. The Morgan fingerprint density at radius 1 is 1.28 bits per heavy atom. The van der Waals surface area contributed by atoms with Crippen LogP contribution in [0.3, 0.4) is 0 Å². The van der Waals surface area contributed by atoms with Crippen LogP contribution in [0.1, 0.15) is 16.7 Å². The highest BCUT2D eigenvalue weighted by Crippen LogP contribution is 2.33. The summed E-state index contributed by atoms with van der Waals surface area (Å²) in [4.78, 5) is 12.5. The Morgan fingerprint density at radius 3 is 2.33 bits per heavy atom. The maximum absolute atomic E-state index is 11.1. The highest BCUT2D eigenvalue weighted by atomic mass is 16.5. The summed E-state index contributed by atoms with van der Waals surface area (Å²) >= 11 is 0. The molecule has 0 fully saturated rings. The van der Waals surface area contributed by atoms with Gasteiger partial charge in [-0.15, -0.1) is 0 Å². The molecule has 18 heavy (non-hydrogen) atoms. The number of carbonyl (C=O) groups is 1. The van der Waals surface area contributed by atoms with Crippen molar-refractivity contribution in [1.82, 2.24) is 4.90 Å². The van der Waals surface area contributed by atoms with E-state index in [1.807, 2.05) is 19.9 Å². The molecule has 2 amide bonds. The SMILES string of the molecule is COc1cc(CN(C)C(N)=O)c(OC)c(C)c1C. The van der Waals surface area contributed by atoms with Crippen LogP contribution in [0.15, 0.2) is 6.07 Å². The molecule has 0 radical (unpaired) electrons. The largest absolute Gasteiger partial charge is 0.496 e. The molecule has 0 aliphatic rings. The zero-order valence-electron chi connectivity index (χ0n) is 11.5. The topological polar surface area (TPSA) is 64.8 Å². The van der Waals surface area contributed by atoms with Crippen LogP contribution in [-0.4, -0.2) is 32.2 Å². The second-order valence-electron chi connectivity index (χ2n) is 4.22. The molecule has 0 aromatic heterocycles. The van der Waals surface area contributed by atoms with E-state index in [0.717, 1.165) is 28.2 Å². The van der Waals surface area contributed by atoms with Crippen LogP contribution in [0, 0.1) is 13.8 Å². The molecule has 1 aromatic carbocycles. The van der Waals surface area contributed by atoms with Crippen molar-refractivity contribution >= 4 is 6.03 Å². The Hall–Kier alpha value is -1.91. The smallest absolute Gasteiger partial charge is 0.314 e. The van der Waals surface area contributed by atoms with Crippen LogP contribution in [0.4, 0.5) is 4.79 Å². The number of methoxy groups -OCH3 is 2. The molecular weight excluding hydrogens is 232 g/mol. The van der Waals surface area contributed by atoms with Crippen molar-refractivity contribution in [2.45, 2.75) is 20.4 Å². The highest BCUT2D eigenvalue weighted by Gasteiger charge is 2.16. The summed E-state index contributed by atoms with van der Waals surface area (Å²) in [5.41, 5.74) is 8.13. The lowest BCUT2D eigenvalue weighted by atomic mass is 10.0. The molecule has 1 aromatic rings. The summed E-state index contributed by atoms with van der Waals surface area (Å²) in [6.45, 7) is 4.32. The predicted molar refractivity (Wildman–Crippen MR) is 70.1 cm³/mol. The van der Waals surface area contributed by atoms with Gasteiger partial charge in [-0.1, -0.05) is 0 Å². The van der Waals surface area contributed by atoms with Gasteiger partial charge < -0.3 is 20.1 Å². The average Bonchev–Trinajstić information content (AvgIpc) is 2.33. The molecule has 100 valence electrons. The van der Waals surface area contributed by atoms with Crippen LogP contribution in [0.2, 0.25) is 0 Å². The number of ether oxygens (including phenoxy) is 2. The second-order valence-corrected chi connectivity index (χ2v) is 4.22. The molecule has 2 N–H and O–H groups in total. The first kappa shape index (κ1) is 14.2. The normalized spacial score (nSPS) is 10.1. The van der Waals surface area contributed by atoms with Crippen molar-refractivity contribution in [2.24, 2.45) is 5.73 Å². The number of urea groups is 1. The number of benzene rings is 1. The summed E-state index contributed by atoms with van der Waals surface area (Å²) in [6.07, 6.45) is 0. The summed E-state index contributed by atoms with van der Waals surface area (Å²) in [7, 11) is 4.88. The van der Waals surface area contributed by atoms with E-state index >= 15 is 0 Å². The molecule has 0 bridgehead atoms. The fraction of sp³-hybridized carbons (Fsp3) is 0.462. The third kappa shape index (κ3) is 2.67. The van der Waals surface area contributed by atoms with Crippen LogP contribution in [0.5, 0.6) is 11.5 Å². The molecule has 1 rings (SSSR count). The minimum atomic E-state index is -0.478. The van der Waals surface area contributed by atoms with E-state index in [9.17, 15) is 4.79 Å². The van der Waals surface area contributed by atoms with Crippen molar-refractivity contribution in [2.75, 3.05) is 21.3 Å². The van der Waals surface area contributed by atoms with E-state index in [1.54, 1.807) is 21.3 Å². The van der Waals surface area contributed by atoms with Gasteiger partial charge >= 0.3 is 6.03 Å². The number of nitrogens with zero attached hydrogens (tertiary/aromatic N) is 1. The number of hydrogen-bond acceptors (Lipinski definition) is 3. The van der Waals surface area contributed by atoms with Gasteiger partial charge in [0.15, 0.2) is 0 Å². The van der Waals surface area contributed by atoms with Crippen LogP contribution < -0.4 is 15.2 Å². The third-order valence-electron chi connectivity index (χ3n) is 3.08. The van der Waals surface area contributed by atoms with Gasteiger partial charge in [-0.25, -0.2) is 4.79 Å². The zero-order valence-corrected chi connectivity index (χ0v) is 11.5. The molecule has 0 atom stereocenters. The Morgan fingerprint density at radius 2 is 1.89 bits per heavy atom. The van der Waals surface area contributed by atoms with E-state index < -0.39 is 6.03 Å². The van der Waals surface area contributed by atoms with Crippen molar-refractivity contribution in [3.63, 3.8) is 0 Å². The molecule has 0 saturated heterocycles. The Kier molecular flexibility index (Phi) is 4.42. The fourth-order valence-corrected chi connectivity index (χ4v) is 1.88. The molecule has 5 nitrogen and oxygen atoms in total. The number of nitrogens with two attached hydrogens (primary N) is 1. The number of rotatable bonds is 4. The lowest BCUT2D eigenvalue weighted by Gasteiger charge is -2.20. The standard InChI is InChI=1S/C13H20N2O3/c1-8-9(2)12(18-5)10(6-11(8)17-4)7-15(3)13(14)16/h6H,7H2,1-5H3,(H2,14,16). The van der Waals surface area contributed by atoms with Gasteiger partial charge in [0.05, 0.1) is 20.8 Å². The van der Waals surface area contributed by atoms with E-state index in [0.29, 0.717) is 6.54 Å². The van der Waals surface area contributed by atoms with Crippen LogP contribution >= 0.6 is 0 Å². The van der Waals surface area contributed by atoms with E-state index in [-0.39, 0.29) is 0 Å². The molecule has 0 spiro atoms. The quantitative estimate of drug-likeness (QED) is 0.889. The van der Waals surface area contributed by atoms with Gasteiger partial charge in [-0.3, -0.25) is 0 Å². The lowest BCUT2D eigenvalue weighted by molar-refractivity contribution is 0.216. The number of amides is 2. The molecule has 0 unspecified atom stereocenters. The summed E-state index contributed by atoms with van der Waals surface area (Å²) < 4.78 is 10.7.